The summed E-state index contributed by atoms with van der Waals surface area (Å²) in [5.74, 6) is 1.91. The molecule has 0 spiro atoms. The summed E-state index contributed by atoms with van der Waals surface area (Å²) in [6, 6.07) is 0.846. The summed E-state index contributed by atoms with van der Waals surface area (Å²) in [5, 5.41) is 18.6. The first-order valence-corrected chi connectivity index (χ1v) is 23.2. The number of carbonyl (C=O) groups is 1. The van der Waals surface area contributed by atoms with Crippen molar-refractivity contribution >= 4 is 5.97 Å². The van der Waals surface area contributed by atoms with Gasteiger partial charge in [-0.3, -0.25) is 9.48 Å². The quantitative estimate of drug-likeness (QED) is 0.229. The highest BCUT2D eigenvalue weighted by Crippen LogP contribution is 2.76. The zero-order chi connectivity index (χ0) is 42.4. The van der Waals surface area contributed by atoms with Gasteiger partial charge in [0.15, 0.2) is 0 Å². The van der Waals surface area contributed by atoms with Gasteiger partial charge in [0.1, 0.15) is 17.7 Å². The number of carboxylic acids is 1. The molecule has 4 saturated carbocycles. The molecule has 0 radical (unpaired) electrons. The second kappa shape index (κ2) is 15.0. The third-order valence-electron chi connectivity index (χ3n) is 19.1. The molecule has 8 rings (SSSR count). The van der Waals surface area contributed by atoms with Gasteiger partial charge in [0.05, 0.1) is 0 Å². The van der Waals surface area contributed by atoms with E-state index in [4.69, 9.17) is 4.74 Å². The summed E-state index contributed by atoms with van der Waals surface area (Å²) in [6.07, 6.45) is 16.6. The molecule has 6 aliphatic carbocycles. The Bertz CT molecular complexity index is 1860. The number of aromatic nitrogens is 2. The van der Waals surface area contributed by atoms with Gasteiger partial charge < -0.3 is 20.1 Å². The van der Waals surface area contributed by atoms with E-state index in [-0.39, 0.29) is 46.1 Å². The van der Waals surface area contributed by atoms with Crippen LogP contribution in [0.1, 0.15) is 144 Å². The fourth-order valence-electron chi connectivity index (χ4n) is 15.8. The molecule has 2 N–H and O–H groups in total. The molecule has 10 heteroatoms. The number of halogens is 3. The smallest absolute Gasteiger partial charge is 0.433 e. The van der Waals surface area contributed by atoms with E-state index in [2.05, 4.69) is 75.6 Å². The van der Waals surface area contributed by atoms with E-state index in [1.165, 1.54) is 114 Å². The number of piperidine rings is 1. The summed E-state index contributed by atoms with van der Waals surface area (Å²) < 4.78 is 46.6. The van der Waals surface area contributed by atoms with Crippen molar-refractivity contribution in [1.29, 1.82) is 0 Å². The van der Waals surface area contributed by atoms with Crippen LogP contribution in [-0.4, -0.2) is 64.1 Å². The van der Waals surface area contributed by atoms with Crippen LogP contribution in [-0.2, 0) is 18.0 Å². The second-order valence-electron chi connectivity index (χ2n) is 22.0. The van der Waals surface area contributed by atoms with Crippen molar-refractivity contribution in [2.45, 2.75) is 150 Å². The molecule has 10 atom stereocenters. The molecule has 328 valence electrons. The van der Waals surface area contributed by atoms with Gasteiger partial charge in [-0.15, -0.1) is 5.10 Å². The van der Waals surface area contributed by atoms with Crippen LogP contribution in [0, 0.1) is 56.7 Å². The number of fused-ring (bicyclic) bond motifs is 7. The number of hydrogen-bond acceptors (Lipinski definition) is 5. The van der Waals surface area contributed by atoms with Crippen LogP contribution in [0.2, 0.25) is 0 Å². The maximum atomic E-state index is 13.4. The monoisotopic (exact) mass is 823 g/mol. The molecule has 0 aromatic carbocycles. The van der Waals surface area contributed by atoms with Gasteiger partial charge in [-0.25, -0.2) is 0 Å². The first-order valence-electron chi connectivity index (χ1n) is 23.2. The zero-order valence-electron chi connectivity index (χ0n) is 37.2. The minimum Gasteiger partial charge on any atom is -0.481 e. The topological polar surface area (TPSA) is 79.6 Å². The molecule has 1 unspecified atom stereocenters. The fraction of sp³-hybridized carbons (Fsp3) is 0.796. The minimum absolute atomic E-state index is 0.0733. The lowest BCUT2D eigenvalue weighted by Gasteiger charge is -2.72. The lowest BCUT2D eigenvalue weighted by atomic mass is 9.33. The standard InChI is InChI=1S/C49H73F3N4O3/c1-32(2)34-16-23-48(53-26-29-56-27-10-9-11-28-56)25-24-45(6)36(41(34)48)12-13-38-44(5)19-17-35(43(3,4)37(44)18-20-46(38,45)7)33-14-21-47(22-15-33,42(57)58)31-59-40-30-39(49(50,51)52)55(8)54-40/h14,17,30,34,36-38,41,53H,1,9-13,15-16,18-29,31H2,2-8H3,(H,57,58)/t34-,36+,37-,38+,41+,44-,45+,46+,47?,48-/m0/s1. The Morgan fingerprint density at radius 2 is 1.69 bits per heavy atom. The Hall–Kier alpha value is -2.59. The zero-order valence-corrected chi connectivity index (χ0v) is 37.2. The molecular weight excluding hydrogens is 750 g/mol. The van der Waals surface area contributed by atoms with Crippen LogP contribution >= 0.6 is 0 Å². The molecular formula is C49H73F3N4O3. The summed E-state index contributed by atoms with van der Waals surface area (Å²) in [5.41, 5.74) is 2.70. The molecule has 1 saturated heterocycles. The lowest BCUT2D eigenvalue weighted by molar-refractivity contribution is -0.221. The molecule has 1 aliphatic heterocycles. The average molecular weight is 823 g/mol. The van der Waals surface area contributed by atoms with Gasteiger partial charge in [-0.05, 0) is 172 Å². The molecule has 7 nitrogen and oxygen atoms in total. The normalized spacial score (nSPS) is 40.8. The Labute approximate surface area is 352 Å². The van der Waals surface area contributed by atoms with Crippen molar-refractivity contribution in [2.75, 3.05) is 32.8 Å². The van der Waals surface area contributed by atoms with Gasteiger partial charge in [0.2, 0.25) is 5.88 Å². The Morgan fingerprint density at radius 1 is 0.949 bits per heavy atom. The third-order valence-corrected chi connectivity index (χ3v) is 19.1. The number of rotatable bonds is 10. The number of likely N-dealkylation sites (tertiary alicyclic amines) is 1. The lowest BCUT2D eigenvalue weighted by Crippen LogP contribution is -2.68. The second-order valence-corrected chi connectivity index (χ2v) is 22.0. The van der Waals surface area contributed by atoms with E-state index in [0.29, 0.717) is 42.4 Å². The molecule has 2 heterocycles. The number of alkyl halides is 3. The van der Waals surface area contributed by atoms with Crippen LogP contribution in [0.15, 0.2) is 41.5 Å². The molecule has 7 aliphatic rings. The molecule has 59 heavy (non-hydrogen) atoms. The van der Waals surface area contributed by atoms with Crippen molar-refractivity contribution in [3.8, 4) is 5.88 Å². The number of allylic oxidation sites excluding steroid dienone is 5. The van der Waals surface area contributed by atoms with Crippen molar-refractivity contribution in [3.05, 3.63) is 47.2 Å². The maximum absolute atomic E-state index is 13.4. The van der Waals surface area contributed by atoms with Crippen molar-refractivity contribution in [3.63, 3.8) is 0 Å². The van der Waals surface area contributed by atoms with E-state index in [9.17, 15) is 23.1 Å². The van der Waals surface area contributed by atoms with Crippen LogP contribution in [0.3, 0.4) is 0 Å². The average Bonchev–Trinajstić information content (AvgIpc) is 3.76. The number of nitrogens with zero attached hydrogens (tertiary/aromatic N) is 3. The number of aliphatic carboxylic acids is 1. The largest absolute Gasteiger partial charge is 0.481 e. The minimum atomic E-state index is -4.57. The summed E-state index contributed by atoms with van der Waals surface area (Å²) in [7, 11) is 1.21. The molecule has 0 bridgehead atoms. The third kappa shape index (κ3) is 6.89. The molecule has 1 aromatic rings. The SMILES string of the molecule is C=C(C)[C@@H]1CC[C@]2(NCCN3CCCCC3)CC[C@]3(C)[C@H](CC[C@@H]4[C@@]5(C)CC=C(C6=CCC(COc7cc(C(F)(F)F)n(C)n7)(C(=O)O)CC6)C(C)(C)[C@@H]5CC[C@]43C)[C@@H]12. The first-order chi connectivity index (χ1) is 27.7. The van der Waals surface area contributed by atoms with Gasteiger partial charge in [0.25, 0.3) is 0 Å². The number of carboxylic acid groups (broad SMARTS) is 1. The van der Waals surface area contributed by atoms with Crippen molar-refractivity contribution in [1.82, 2.24) is 20.0 Å². The highest BCUT2D eigenvalue weighted by molar-refractivity contribution is 5.75. The Kier molecular flexibility index (Phi) is 11.0. The highest BCUT2D eigenvalue weighted by atomic mass is 19.4. The predicted octanol–water partition coefficient (Wildman–Crippen LogP) is 11.0. The predicted molar refractivity (Wildman–Crippen MR) is 227 cm³/mol. The molecule has 5 fully saturated rings. The number of ether oxygens (including phenoxy) is 1. The Balaban J connectivity index is 1.00. The van der Waals surface area contributed by atoms with Crippen LogP contribution in [0.25, 0.3) is 0 Å². The van der Waals surface area contributed by atoms with E-state index in [0.717, 1.165) is 23.7 Å². The Morgan fingerprint density at radius 3 is 2.34 bits per heavy atom. The van der Waals surface area contributed by atoms with Gasteiger partial charge in [-0.2, -0.15) is 13.2 Å². The van der Waals surface area contributed by atoms with Crippen molar-refractivity contribution < 1.29 is 27.8 Å². The number of aryl methyl sites for hydroxylation is 1. The summed E-state index contributed by atoms with van der Waals surface area (Å²) >= 11 is 0. The van der Waals surface area contributed by atoms with E-state index in [1.807, 2.05) is 0 Å². The molecule has 1 aromatic heterocycles. The van der Waals surface area contributed by atoms with E-state index >= 15 is 0 Å². The summed E-state index contributed by atoms with van der Waals surface area (Å²) in [6.45, 7) is 24.4. The van der Waals surface area contributed by atoms with Crippen molar-refractivity contribution in [2.24, 2.45) is 63.7 Å². The van der Waals surface area contributed by atoms with E-state index in [1.54, 1.807) is 0 Å². The van der Waals surface area contributed by atoms with Gasteiger partial charge >= 0.3 is 12.1 Å². The molecule has 0 amide bonds. The van der Waals surface area contributed by atoms with Crippen LogP contribution < -0.4 is 10.1 Å². The number of nitrogens with one attached hydrogen (secondary N) is 1. The fourth-order valence-corrected chi connectivity index (χ4v) is 15.8. The van der Waals surface area contributed by atoms with Crippen LogP contribution in [0.5, 0.6) is 5.88 Å². The highest BCUT2D eigenvalue weighted by Gasteiger charge is 2.70. The number of hydrogen-bond donors (Lipinski definition) is 2. The van der Waals surface area contributed by atoms with Crippen LogP contribution in [0.4, 0.5) is 13.2 Å². The maximum Gasteiger partial charge on any atom is 0.433 e. The van der Waals surface area contributed by atoms with E-state index < -0.39 is 23.3 Å². The van der Waals surface area contributed by atoms with Gasteiger partial charge in [0, 0.05) is 31.7 Å². The van der Waals surface area contributed by atoms with Gasteiger partial charge in [-0.1, -0.05) is 65.3 Å². The first kappa shape index (κ1) is 43.1. The summed E-state index contributed by atoms with van der Waals surface area (Å²) in [4.78, 5) is 15.4.